The van der Waals surface area contributed by atoms with E-state index in [-0.39, 0.29) is 5.91 Å². The lowest BCUT2D eigenvalue weighted by atomic mass is 10.2. The summed E-state index contributed by atoms with van der Waals surface area (Å²) in [6.07, 6.45) is 4.81. The summed E-state index contributed by atoms with van der Waals surface area (Å²) >= 11 is 0. The second-order valence-corrected chi connectivity index (χ2v) is 3.51. The molecule has 0 unspecified atom stereocenters. The fourth-order valence-electron chi connectivity index (χ4n) is 1.34. The Morgan fingerprint density at radius 3 is 2.88 bits per heavy atom. The standard InChI is InChI=1S/C11H13N5O/c1-2-16-7-9(6-14-16)15-11(17)8-3-4-10(12)13-5-8/h3-7H,2H2,1H3,(H2,12,13)(H,15,17). The molecule has 0 fully saturated rings. The molecule has 2 aromatic heterocycles. The summed E-state index contributed by atoms with van der Waals surface area (Å²) in [5.41, 5.74) is 6.57. The second-order valence-electron chi connectivity index (χ2n) is 3.51. The number of aromatic nitrogens is 3. The number of rotatable bonds is 3. The Morgan fingerprint density at radius 2 is 2.29 bits per heavy atom. The molecule has 0 aliphatic carbocycles. The highest BCUT2D eigenvalue weighted by molar-refractivity contribution is 6.03. The Bertz CT molecular complexity index is 517. The van der Waals surface area contributed by atoms with Gasteiger partial charge in [0, 0.05) is 18.9 Å². The zero-order chi connectivity index (χ0) is 12.3. The number of nitrogens with zero attached hydrogens (tertiary/aromatic N) is 3. The van der Waals surface area contributed by atoms with E-state index < -0.39 is 0 Å². The van der Waals surface area contributed by atoms with Gasteiger partial charge in [0.25, 0.3) is 5.91 Å². The first kappa shape index (κ1) is 11.1. The summed E-state index contributed by atoms with van der Waals surface area (Å²) < 4.78 is 1.73. The second kappa shape index (κ2) is 4.65. The van der Waals surface area contributed by atoms with Crippen molar-refractivity contribution in [1.82, 2.24) is 14.8 Å². The third-order valence-corrected chi connectivity index (χ3v) is 2.26. The molecule has 88 valence electrons. The van der Waals surface area contributed by atoms with Crippen molar-refractivity contribution in [2.24, 2.45) is 0 Å². The smallest absolute Gasteiger partial charge is 0.257 e. The first-order chi connectivity index (χ1) is 8.19. The Hall–Kier alpha value is -2.37. The van der Waals surface area contributed by atoms with Crippen LogP contribution in [0.1, 0.15) is 17.3 Å². The monoisotopic (exact) mass is 231 g/mol. The number of anilines is 2. The molecule has 3 N–H and O–H groups in total. The molecule has 0 radical (unpaired) electrons. The van der Waals surface area contributed by atoms with Crippen LogP contribution in [0.3, 0.4) is 0 Å². The number of hydrogen-bond donors (Lipinski definition) is 2. The first-order valence-corrected chi connectivity index (χ1v) is 5.24. The minimum absolute atomic E-state index is 0.229. The van der Waals surface area contributed by atoms with E-state index in [4.69, 9.17) is 5.73 Å². The summed E-state index contributed by atoms with van der Waals surface area (Å²) in [5.74, 6) is 0.161. The average molecular weight is 231 g/mol. The van der Waals surface area contributed by atoms with Gasteiger partial charge in [-0.1, -0.05) is 0 Å². The SMILES string of the molecule is CCn1cc(NC(=O)c2ccc(N)nc2)cn1. The predicted molar refractivity (Wildman–Crippen MR) is 64.5 cm³/mol. The molecule has 2 rings (SSSR count). The summed E-state index contributed by atoms with van der Waals surface area (Å²) in [4.78, 5) is 15.7. The zero-order valence-electron chi connectivity index (χ0n) is 9.42. The van der Waals surface area contributed by atoms with Crippen molar-refractivity contribution in [3.05, 3.63) is 36.3 Å². The van der Waals surface area contributed by atoms with Crippen molar-refractivity contribution in [2.45, 2.75) is 13.5 Å². The zero-order valence-corrected chi connectivity index (χ0v) is 9.42. The van der Waals surface area contributed by atoms with Crippen molar-refractivity contribution in [3.8, 4) is 0 Å². The Kier molecular flexibility index (Phi) is 3.04. The van der Waals surface area contributed by atoms with Crippen LogP contribution in [-0.2, 0) is 6.54 Å². The Morgan fingerprint density at radius 1 is 1.47 bits per heavy atom. The van der Waals surface area contributed by atoms with Crippen molar-refractivity contribution >= 4 is 17.4 Å². The molecule has 17 heavy (non-hydrogen) atoms. The summed E-state index contributed by atoms with van der Waals surface area (Å²) in [7, 11) is 0. The van der Waals surface area contributed by atoms with Crippen LogP contribution in [0.4, 0.5) is 11.5 Å². The third-order valence-electron chi connectivity index (χ3n) is 2.26. The minimum atomic E-state index is -0.229. The number of carbonyl (C=O) groups excluding carboxylic acids is 1. The number of carbonyl (C=O) groups is 1. The highest BCUT2D eigenvalue weighted by atomic mass is 16.1. The Labute approximate surface area is 98.5 Å². The van der Waals surface area contributed by atoms with Gasteiger partial charge in [-0.2, -0.15) is 5.10 Å². The van der Waals surface area contributed by atoms with Gasteiger partial charge in [-0.15, -0.1) is 0 Å². The number of pyridine rings is 1. The first-order valence-electron chi connectivity index (χ1n) is 5.24. The van der Waals surface area contributed by atoms with Gasteiger partial charge >= 0.3 is 0 Å². The maximum Gasteiger partial charge on any atom is 0.257 e. The molecule has 0 atom stereocenters. The lowest BCUT2D eigenvalue weighted by molar-refractivity contribution is 0.102. The number of nitrogens with two attached hydrogens (primary N) is 1. The van der Waals surface area contributed by atoms with E-state index in [0.717, 1.165) is 6.54 Å². The van der Waals surface area contributed by atoms with Crippen molar-refractivity contribution in [1.29, 1.82) is 0 Å². The lowest BCUT2D eigenvalue weighted by Gasteiger charge is -2.01. The van der Waals surface area contributed by atoms with E-state index in [1.165, 1.54) is 6.20 Å². The van der Waals surface area contributed by atoms with Crippen LogP contribution in [0.15, 0.2) is 30.7 Å². The van der Waals surface area contributed by atoms with Crippen LogP contribution < -0.4 is 11.1 Å². The van der Waals surface area contributed by atoms with E-state index in [1.807, 2.05) is 6.92 Å². The molecule has 2 heterocycles. The van der Waals surface area contributed by atoms with Gasteiger partial charge < -0.3 is 11.1 Å². The molecular formula is C11H13N5O. The van der Waals surface area contributed by atoms with Gasteiger partial charge in [-0.25, -0.2) is 4.98 Å². The Balaban J connectivity index is 2.08. The quantitative estimate of drug-likeness (QED) is 0.829. The number of hydrogen-bond acceptors (Lipinski definition) is 4. The van der Waals surface area contributed by atoms with E-state index in [9.17, 15) is 4.79 Å². The van der Waals surface area contributed by atoms with E-state index in [2.05, 4.69) is 15.4 Å². The van der Waals surface area contributed by atoms with Gasteiger partial charge in [0.1, 0.15) is 5.82 Å². The molecule has 0 aliphatic rings. The minimum Gasteiger partial charge on any atom is -0.384 e. The molecule has 0 spiro atoms. The average Bonchev–Trinajstić information content (AvgIpc) is 2.77. The van der Waals surface area contributed by atoms with E-state index >= 15 is 0 Å². The largest absolute Gasteiger partial charge is 0.384 e. The fourth-order valence-corrected chi connectivity index (χ4v) is 1.34. The summed E-state index contributed by atoms with van der Waals surface area (Å²) in [6.45, 7) is 2.74. The lowest BCUT2D eigenvalue weighted by Crippen LogP contribution is -2.11. The van der Waals surface area contributed by atoms with Gasteiger partial charge in [-0.3, -0.25) is 9.48 Å². The molecule has 0 saturated heterocycles. The van der Waals surface area contributed by atoms with Crippen molar-refractivity contribution in [3.63, 3.8) is 0 Å². The predicted octanol–water partition coefficient (Wildman–Crippen LogP) is 1.13. The van der Waals surface area contributed by atoms with Crippen molar-refractivity contribution in [2.75, 3.05) is 11.1 Å². The molecule has 0 aliphatic heterocycles. The fraction of sp³-hybridized carbons (Fsp3) is 0.182. The number of nitrogens with one attached hydrogen (secondary N) is 1. The molecule has 0 saturated carbocycles. The van der Waals surface area contributed by atoms with Gasteiger partial charge in [-0.05, 0) is 19.1 Å². The van der Waals surface area contributed by atoms with Crippen LogP contribution in [0.2, 0.25) is 0 Å². The van der Waals surface area contributed by atoms with Crippen LogP contribution in [-0.4, -0.2) is 20.7 Å². The summed E-state index contributed by atoms with van der Waals surface area (Å²) in [5, 5.41) is 6.79. The molecule has 0 aromatic carbocycles. The van der Waals surface area contributed by atoms with Crippen molar-refractivity contribution < 1.29 is 4.79 Å². The topological polar surface area (TPSA) is 85.8 Å². The maximum atomic E-state index is 11.8. The number of aryl methyl sites for hydroxylation is 1. The summed E-state index contributed by atoms with van der Waals surface area (Å²) in [6, 6.07) is 3.21. The normalized spacial score (nSPS) is 10.2. The molecule has 0 bridgehead atoms. The van der Waals surface area contributed by atoms with Crippen LogP contribution in [0.5, 0.6) is 0 Å². The molecule has 6 heteroatoms. The number of nitrogen functional groups attached to an aromatic ring is 1. The van der Waals surface area contributed by atoms with Crippen LogP contribution >= 0.6 is 0 Å². The third kappa shape index (κ3) is 2.60. The molecule has 2 aromatic rings. The van der Waals surface area contributed by atoms with Crippen LogP contribution in [0, 0.1) is 0 Å². The van der Waals surface area contributed by atoms with Gasteiger partial charge in [0.2, 0.25) is 0 Å². The van der Waals surface area contributed by atoms with E-state index in [0.29, 0.717) is 17.1 Å². The van der Waals surface area contributed by atoms with Crippen LogP contribution in [0.25, 0.3) is 0 Å². The molecular weight excluding hydrogens is 218 g/mol. The van der Waals surface area contributed by atoms with Gasteiger partial charge in [0.15, 0.2) is 0 Å². The molecule has 6 nitrogen and oxygen atoms in total. The molecule has 1 amide bonds. The highest BCUT2D eigenvalue weighted by Crippen LogP contribution is 2.08. The number of amides is 1. The van der Waals surface area contributed by atoms with E-state index in [1.54, 1.807) is 29.2 Å². The highest BCUT2D eigenvalue weighted by Gasteiger charge is 2.07. The maximum absolute atomic E-state index is 11.8. The van der Waals surface area contributed by atoms with Gasteiger partial charge in [0.05, 0.1) is 17.4 Å².